The molecule has 2 aliphatic rings. The van der Waals surface area contributed by atoms with Gasteiger partial charge in [0.2, 0.25) is 0 Å². The van der Waals surface area contributed by atoms with Crippen molar-refractivity contribution in [1.29, 1.82) is 0 Å². The van der Waals surface area contributed by atoms with Crippen LogP contribution in [-0.4, -0.2) is 39.5 Å². The largest absolute Gasteiger partial charge is 0.430 e. The van der Waals surface area contributed by atoms with Crippen molar-refractivity contribution in [1.82, 2.24) is 19.9 Å². The van der Waals surface area contributed by atoms with Gasteiger partial charge in [-0.05, 0) is 23.8 Å². The van der Waals surface area contributed by atoms with Gasteiger partial charge in [0, 0.05) is 37.3 Å². The molecule has 7 heteroatoms. The normalized spacial score (nSPS) is 21.5. The van der Waals surface area contributed by atoms with Crippen molar-refractivity contribution in [2.75, 3.05) is 19.7 Å². The summed E-state index contributed by atoms with van der Waals surface area (Å²) in [5.74, 6) is 1.05. The molecule has 31 heavy (non-hydrogen) atoms. The molecule has 2 unspecified atom stereocenters. The number of hydrogen-bond acceptors (Lipinski definition) is 6. The minimum Gasteiger partial charge on any atom is -0.430 e. The standard InChI is InChI=1S/C24H24N4O3/c1-16-13-18(31-24-26-20-14-25-10-9-19(20)23(29)27-24)7-8-21(16)28-11-12-30-22(15-28)17-5-3-2-4-6-17/h2-10,14,16,22H,11-13,15H2,1H3,(H,26,27,29). The van der Waals surface area contributed by atoms with Crippen LogP contribution in [0.2, 0.25) is 0 Å². The minimum absolute atomic E-state index is 0.0742. The highest BCUT2D eigenvalue weighted by atomic mass is 16.5. The molecule has 2 atom stereocenters. The first-order chi connectivity index (χ1) is 15.2. The molecule has 0 radical (unpaired) electrons. The Kier molecular flexibility index (Phi) is 5.26. The maximum Gasteiger partial charge on any atom is 0.302 e. The summed E-state index contributed by atoms with van der Waals surface area (Å²) in [5, 5.41) is 0.496. The Morgan fingerprint density at radius 1 is 1.19 bits per heavy atom. The van der Waals surface area contributed by atoms with Gasteiger partial charge in [0.05, 0.1) is 29.8 Å². The summed E-state index contributed by atoms with van der Waals surface area (Å²) >= 11 is 0. The summed E-state index contributed by atoms with van der Waals surface area (Å²) in [5.41, 5.74) is 2.77. The zero-order valence-electron chi connectivity index (χ0n) is 17.3. The van der Waals surface area contributed by atoms with E-state index in [4.69, 9.17) is 9.47 Å². The number of rotatable bonds is 4. The van der Waals surface area contributed by atoms with Crippen LogP contribution in [0.4, 0.5) is 0 Å². The van der Waals surface area contributed by atoms with Crippen LogP contribution in [0, 0.1) is 5.92 Å². The summed E-state index contributed by atoms with van der Waals surface area (Å²) in [7, 11) is 0. The van der Waals surface area contributed by atoms with E-state index in [0.29, 0.717) is 17.5 Å². The van der Waals surface area contributed by atoms with Crippen LogP contribution in [0.1, 0.15) is 25.0 Å². The Labute approximate surface area is 180 Å². The summed E-state index contributed by atoms with van der Waals surface area (Å²) in [4.78, 5) is 25.8. The molecule has 1 aliphatic carbocycles. The van der Waals surface area contributed by atoms with Gasteiger partial charge in [-0.25, -0.2) is 0 Å². The fourth-order valence-electron chi connectivity index (χ4n) is 4.20. The Hall–Kier alpha value is -3.45. The van der Waals surface area contributed by atoms with Gasteiger partial charge >= 0.3 is 6.01 Å². The first kappa shape index (κ1) is 19.5. The number of nitrogens with zero attached hydrogens (tertiary/aromatic N) is 3. The number of morpholine rings is 1. The van der Waals surface area contributed by atoms with Crippen LogP contribution in [0.3, 0.4) is 0 Å². The van der Waals surface area contributed by atoms with Crippen LogP contribution in [-0.2, 0) is 4.74 Å². The maximum absolute atomic E-state index is 12.3. The van der Waals surface area contributed by atoms with Crippen molar-refractivity contribution in [3.63, 3.8) is 0 Å². The van der Waals surface area contributed by atoms with E-state index in [9.17, 15) is 4.79 Å². The average molecular weight is 416 g/mol. The molecule has 0 amide bonds. The fraction of sp³-hybridized carbons (Fsp3) is 0.292. The van der Waals surface area contributed by atoms with Crippen molar-refractivity contribution in [3.05, 3.63) is 88.3 Å². The number of aromatic amines is 1. The molecule has 1 aromatic carbocycles. The number of fused-ring (bicyclic) bond motifs is 1. The molecule has 0 bridgehead atoms. The van der Waals surface area contributed by atoms with Crippen molar-refractivity contribution in [2.24, 2.45) is 5.92 Å². The number of H-pyrrole nitrogens is 1. The van der Waals surface area contributed by atoms with Crippen molar-refractivity contribution in [3.8, 4) is 6.01 Å². The van der Waals surface area contributed by atoms with Gasteiger partial charge in [-0.2, -0.15) is 4.98 Å². The highest BCUT2D eigenvalue weighted by Crippen LogP contribution is 2.32. The summed E-state index contributed by atoms with van der Waals surface area (Å²) < 4.78 is 11.9. The number of nitrogens with one attached hydrogen (secondary N) is 1. The quantitative estimate of drug-likeness (QED) is 0.700. The van der Waals surface area contributed by atoms with Gasteiger partial charge in [-0.15, -0.1) is 0 Å². The topological polar surface area (TPSA) is 80.3 Å². The van der Waals surface area contributed by atoms with Crippen LogP contribution in [0.25, 0.3) is 10.9 Å². The molecule has 1 saturated heterocycles. The lowest BCUT2D eigenvalue weighted by atomic mass is 9.95. The van der Waals surface area contributed by atoms with Gasteiger partial charge in [0.25, 0.3) is 5.56 Å². The van der Waals surface area contributed by atoms with E-state index < -0.39 is 0 Å². The first-order valence-corrected chi connectivity index (χ1v) is 10.5. The highest BCUT2D eigenvalue weighted by Gasteiger charge is 2.27. The first-order valence-electron chi connectivity index (χ1n) is 10.5. The molecule has 1 aliphatic heterocycles. The number of benzene rings is 1. The van der Waals surface area contributed by atoms with Crippen LogP contribution in [0.5, 0.6) is 6.01 Å². The Morgan fingerprint density at radius 3 is 2.90 bits per heavy atom. The van der Waals surface area contributed by atoms with E-state index in [2.05, 4.69) is 45.0 Å². The Balaban J connectivity index is 1.33. The van der Waals surface area contributed by atoms with Crippen molar-refractivity contribution < 1.29 is 9.47 Å². The van der Waals surface area contributed by atoms with Crippen molar-refractivity contribution in [2.45, 2.75) is 19.4 Å². The number of aromatic nitrogens is 3. The molecule has 5 rings (SSSR count). The lowest BCUT2D eigenvalue weighted by Gasteiger charge is -2.39. The van der Waals surface area contributed by atoms with E-state index in [1.165, 1.54) is 11.3 Å². The van der Waals surface area contributed by atoms with Crippen LogP contribution < -0.4 is 10.3 Å². The lowest BCUT2D eigenvalue weighted by Crippen LogP contribution is -2.39. The second kappa shape index (κ2) is 8.35. The molecule has 3 aromatic rings. The third kappa shape index (κ3) is 4.09. The van der Waals surface area contributed by atoms with E-state index in [1.54, 1.807) is 18.5 Å². The Morgan fingerprint density at radius 2 is 2.06 bits per heavy atom. The smallest absolute Gasteiger partial charge is 0.302 e. The predicted molar refractivity (Wildman–Crippen MR) is 117 cm³/mol. The molecule has 7 nitrogen and oxygen atoms in total. The maximum atomic E-state index is 12.3. The zero-order chi connectivity index (χ0) is 21.2. The number of allylic oxidation sites excluding steroid dienone is 4. The van der Waals surface area contributed by atoms with E-state index in [-0.39, 0.29) is 23.6 Å². The number of pyridine rings is 1. The van der Waals surface area contributed by atoms with Gasteiger partial charge in [-0.1, -0.05) is 37.3 Å². The molecular weight excluding hydrogens is 392 g/mol. The number of hydrogen-bond donors (Lipinski definition) is 1. The summed E-state index contributed by atoms with van der Waals surface area (Å²) in [6, 6.07) is 12.2. The monoisotopic (exact) mass is 416 g/mol. The molecule has 2 aromatic heterocycles. The van der Waals surface area contributed by atoms with E-state index >= 15 is 0 Å². The van der Waals surface area contributed by atoms with Crippen molar-refractivity contribution >= 4 is 10.9 Å². The molecule has 1 fully saturated rings. The van der Waals surface area contributed by atoms with Crippen LogP contribution >= 0.6 is 0 Å². The minimum atomic E-state index is -0.233. The molecule has 3 heterocycles. The molecular formula is C24H24N4O3. The third-order valence-corrected chi connectivity index (χ3v) is 5.77. The molecule has 158 valence electrons. The van der Waals surface area contributed by atoms with E-state index in [1.807, 2.05) is 24.3 Å². The van der Waals surface area contributed by atoms with Gasteiger partial charge in [0.15, 0.2) is 0 Å². The van der Waals surface area contributed by atoms with Gasteiger partial charge in [-0.3, -0.25) is 14.8 Å². The lowest BCUT2D eigenvalue weighted by molar-refractivity contribution is -0.0214. The predicted octanol–water partition coefficient (Wildman–Crippen LogP) is 3.58. The van der Waals surface area contributed by atoms with Gasteiger partial charge in [0.1, 0.15) is 5.76 Å². The second-order valence-corrected chi connectivity index (χ2v) is 7.91. The third-order valence-electron chi connectivity index (χ3n) is 5.77. The fourth-order valence-corrected chi connectivity index (χ4v) is 4.20. The molecule has 0 saturated carbocycles. The Bertz CT molecular complexity index is 1200. The van der Waals surface area contributed by atoms with E-state index in [0.717, 1.165) is 25.3 Å². The van der Waals surface area contributed by atoms with Crippen LogP contribution in [0.15, 0.2) is 77.2 Å². The zero-order valence-corrected chi connectivity index (χ0v) is 17.3. The SMILES string of the molecule is CC1CC(Oc2nc3cnccc3c(=O)[nH]2)=CC=C1N1CCOC(c2ccccc2)C1. The highest BCUT2D eigenvalue weighted by molar-refractivity contribution is 5.76. The number of ether oxygens (including phenoxy) is 2. The van der Waals surface area contributed by atoms with Gasteiger partial charge < -0.3 is 14.4 Å². The summed E-state index contributed by atoms with van der Waals surface area (Å²) in [6.07, 6.45) is 8.02. The summed E-state index contributed by atoms with van der Waals surface area (Å²) in [6.45, 7) is 4.59. The molecule has 1 N–H and O–H groups in total. The second-order valence-electron chi connectivity index (χ2n) is 7.91. The average Bonchev–Trinajstić information content (AvgIpc) is 2.80. The molecule has 0 spiro atoms.